The van der Waals surface area contributed by atoms with Crippen molar-refractivity contribution in [2.24, 2.45) is 0 Å². The van der Waals surface area contributed by atoms with Gasteiger partial charge in [-0.2, -0.15) is 4.31 Å². The second kappa shape index (κ2) is 4.50. The van der Waals surface area contributed by atoms with Crippen LogP contribution < -0.4 is 0 Å². The predicted octanol–water partition coefficient (Wildman–Crippen LogP) is 0.658. The molecule has 0 amide bonds. The first-order chi connectivity index (χ1) is 7.99. The average Bonchev–Trinajstić information content (AvgIpc) is 2.90. The Balaban J connectivity index is 2.14. The van der Waals surface area contributed by atoms with Crippen molar-refractivity contribution in [2.75, 3.05) is 5.75 Å². The van der Waals surface area contributed by atoms with Gasteiger partial charge in [0.25, 0.3) is 0 Å². The van der Waals surface area contributed by atoms with Crippen LogP contribution in [0.2, 0.25) is 0 Å². The van der Waals surface area contributed by atoms with E-state index in [1.54, 1.807) is 12.1 Å². The topological polar surface area (TPSA) is 87.8 Å². The van der Waals surface area contributed by atoms with Crippen LogP contribution in [0.15, 0.2) is 22.8 Å². The Morgan fingerprint density at radius 1 is 1.53 bits per heavy atom. The first-order valence-electron chi connectivity index (χ1n) is 5.23. The number of carboxylic acids is 1. The molecule has 1 heterocycles. The summed E-state index contributed by atoms with van der Waals surface area (Å²) in [6.45, 7) is 0.104. The van der Waals surface area contributed by atoms with Gasteiger partial charge in [0.05, 0.1) is 12.8 Å². The Bertz CT molecular complexity index is 489. The lowest BCUT2D eigenvalue weighted by molar-refractivity contribution is -0.134. The fourth-order valence-electron chi connectivity index (χ4n) is 1.61. The quantitative estimate of drug-likeness (QED) is 0.810. The van der Waals surface area contributed by atoms with E-state index in [1.807, 2.05) is 0 Å². The Hall–Kier alpha value is -1.34. The minimum Gasteiger partial charge on any atom is -0.480 e. The van der Waals surface area contributed by atoms with Crippen molar-refractivity contribution in [2.45, 2.75) is 25.4 Å². The standard InChI is InChI=1S/C10H13NO5S/c12-10(13)7-17(14,15)11(8-3-4-8)6-9-2-1-5-16-9/h1-2,5,8H,3-4,6-7H2,(H,12,13). The predicted molar refractivity (Wildman–Crippen MR) is 58.7 cm³/mol. The van der Waals surface area contributed by atoms with Crippen LogP contribution in [0.1, 0.15) is 18.6 Å². The van der Waals surface area contributed by atoms with Gasteiger partial charge in [-0.15, -0.1) is 0 Å². The maximum atomic E-state index is 11.9. The highest BCUT2D eigenvalue weighted by molar-refractivity contribution is 7.89. The molecule has 1 aromatic rings. The van der Waals surface area contributed by atoms with E-state index in [1.165, 1.54) is 10.6 Å². The fourth-order valence-corrected chi connectivity index (χ4v) is 3.08. The monoisotopic (exact) mass is 259 g/mol. The summed E-state index contributed by atoms with van der Waals surface area (Å²) in [7, 11) is -3.76. The second-order valence-electron chi connectivity index (χ2n) is 4.01. The van der Waals surface area contributed by atoms with Gasteiger partial charge in [-0.25, -0.2) is 8.42 Å². The third-order valence-electron chi connectivity index (χ3n) is 2.51. The first kappa shape index (κ1) is 12.1. The van der Waals surface area contributed by atoms with Crippen molar-refractivity contribution >= 4 is 16.0 Å². The lowest BCUT2D eigenvalue weighted by atomic mass is 10.4. The molecular formula is C10H13NO5S. The van der Waals surface area contributed by atoms with E-state index in [4.69, 9.17) is 9.52 Å². The van der Waals surface area contributed by atoms with Gasteiger partial charge in [-0.05, 0) is 25.0 Å². The molecule has 0 unspecified atom stereocenters. The summed E-state index contributed by atoms with van der Waals surface area (Å²) in [6, 6.07) is 3.26. The van der Waals surface area contributed by atoms with Crippen LogP contribution in [-0.4, -0.2) is 35.6 Å². The molecule has 0 spiro atoms. The Kier molecular flexibility index (Phi) is 3.21. The van der Waals surface area contributed by atoms with Gasteiger partial charge in [0.15, 0.2) is 5.75 Å². The van der Waals surface area contributed by atoms with Gasteiger partial charge in [-0.1, -0.05) is 0 Å². The van der Waals surface area contributed by atoms with E-state index >= 15 is 0 Å². The molecule has 2 rings (SSSR count). The van der Waals surface area contributed by atoms with Crippen molar-refractivity contribution in [1.29, 1.82) is 0 Å². The van der Waals surface area contributed by atoms with Gasteiger partial charge in [0, 0.05) is 6.04 Å². The summed E-state index contributed by atoms with van der Waals surface area (Å²) in [4.78, 5) is 10.5. The zero-order chi connectivity index (χ0) is 12.5. The molecule has 7 heteroatoms. The second-order valence-corrected chi connectivity index (χ2v) is 5.93. The summed E-state index contributed by atoms with van der Waals surface area (Å²) in [5, 5.41) is 8.60. The number of hydrogen-bond donors (Lipinski definition) is 1. The molecule has 0 saturated heterocycles. The SMILES string of the molecule is O=C(O)CS(=O)(=O)N(Cc1ccco1)C1CC1. The fraction of sp³-hybridized carbons (Fsp3) is 0.500. The number of carbonyl (C=O) groups is 1. The Morgan fingerprint density at radius 3 is 2.71 bits per heavy atom. The van der Waals surface area contributed by atoms with Crippen LogP contribution in [0.5, 0.6) is 0 Å². The van der Waals surface area contributed by atoms with Crippen molar-refractivity contribution in [1.82, 2.24) is 4.31 Å². The van der Waals surface area contributed by atoms with Crippen LogP contribution in [0.4, 0.5) is 0 Å². The van der Waals surface area contributed by atoms with Crippen LogP contribution in [-0.2, 0) is 21.4 Å². The lowest BCUT2D eigenvalue weighted by Gasteiger charge is -2.19. The molecule has 0 bridgehead atoms. The molecule has 0 aromatic carbocycles. The molecule has 1 aliphatic carbocycles. The zero-order valence-electron chi connectivity index (χ0n) is 9.07. The molecule has 1 aliphatic rings. The molecule has 6 nitrogen and oxygen atoms in total. The molecule has 0 aliphatic heterocycles. The normalized spacial score (nSPS) is 16.3. The lowest BCUT2D eigenvalue weighted by Crippen LogP contribution is -2.36. The van der Waals surface area contributed by atoms with Crippen LogP contribution in [0.25, 0.3) is 0 Å². The smallest absolute Gasteiger partial charge is 0.320 e. The maximum Gasteiger partial charge on any atom is 0.320 e. The summed E-state index contributed by atoms with van der Waals surface area (Å²) < 4.78 is 30.0. The van der Waals surface area contributed by atoms with Crippen molar-refractivity contribution in [3.63, 3.8) is 0 Å². The zero-order valence-corrected chi connectivity index (χ0v) is 9.89. The minimum atomic E-state index is -3.76. The molecule has 1 fully saturated rings. The first-order valence-corrected chi connectivity index (χ1v) is 6.83. The average molecular weight is 259 g/mol. The minimum absolute atomic E-state index is 0.0792. The molecule has 0 atom stereocenters. The number of hydrogen-bond acceptors (Lipinski definition) is 4. The third kappa shape index (κ3) is 3.07. The number of carboxylic acid groups (broad SMARTS) is 1. The van der Waals surface area contributed by atoms with E-state index in [0.717, 1.165) is 12.8 Å². The summed E-state index contributed by atoms with van der Waals surface area (Å²) in [6.07, 6.45) is 3.02. The molecule has 17 heavy (non-hydrogen) atoms. The summed E-state index contributed by atoms with van der Waals surface area (Å²) >= 11 is 0. The number of furan rings is 1. The van der Waals surface area contributed by atoms with E-state index in [-0.39, 0.29) is 12.6 Å². The van der Waals surface area contributed by atoms with Crippen LogP contribution in [0, 0.1) is 0 Å². The van der Waals surface area contributed by atoms with Crippen LogP contribution >= 0.6 is 0 Å². The van der Waals surface area contributed by atoms with Crippen molar-refractivity contribution in [3.8, 4) is 0 Å². The molecule has 1 saturated carbocycles. The van der Waals surface area contributed by atoms with Crippen molar-refractivity contribution in [3.05, 3.63) is 24.2 Å². The van der Waals surface area contributed by atoms with Gasteiger partial charge < -0.3 is 9.52 Å². The van der Waals surface area contributed by atoms with Crippen molar-refractivity contribution < 1.29 is 22.7 Å². The Morgan fingerprint density at radius 2 is 2.24 bits per heavy atom. The van der Waals surface area contributed by atoms with E-state index in [2.05, 4.69) is 0 Å². The summed E-state index contributed by atoms with van der Waals surface area (Å²) in [5.41, 5.74) is 0. The highest BCUT2D eigenvalue weighted by atomic mass is 32.2. The number of rotatable bonds is 6. The van der Waals surface area contributed by atoms with E-state index < -0.39 is 21.7 Å². The van der Waals surface area contributed by atoms with E-state index in [9.17, 15) is 13.2 Å². The molecule has 0 radical (unpaired) electrons. The largest absolute Gasteiger partial charge is 0.480 e. The van der Waals surface area contributed by atoms with Gasteiger partial charge in [-0.3, -0.25) is 4.79 Å². The number of nitrogens with zero attached hydrogens (tertiary/aromatic N) is 1. The van der Waals surface area contributed by atoms with Gasteiger partial charge in [0.2, 0.25) is 10.0 Å². The molecule has 1 N–H and O–H groups in total. The maximum absolute atomic E-state index is 11.9. The highest BCUT2D eigenvalue weighted by Gasteiger charge is 2.38. The van der Waals surface area contributed by atoms with Gasteiger partial charge in [0.1, 0.15) is 5.76 Å². The van der Waals surface area contributed by atoms with E-state index in [0.29, 0.717) is 5.76 Å². The van der Waals surface area contributed by atoms with Crippen LogP contribution in [0.3, 0.4) is 0 Å². The molecule has 1 aromatic heterocycles. The molecule has 94 valence electrons. The molecular weight excluding hydrogens is 246 g/mol. The number of sulfonamides is 1. The van der Waals surface area contributed by atoms with Gasteiger partial charge >= 0.3 is 5.97 Å². The highest BCUT2D eigenvalue weighted by Crippen LogP contribution is 2.31. The number of aliphatic carboxylic acids is 1. The third-order valence-corrected chi connectivity index (χ3v) is 4.26. The Labute approximate surface area is 98.9 Å². The summed E-state index contributed by atoms with van der Waals surface area (Å²) in [5.74, 6) is -1.69.